The lowest BCUT2D eigenvalue weighted by Gasteiger charge is -2.11. The van der Waals surface area contributed by atoms with Crippen LogP contribution in [0.1, 0.15) is 13.8 Å². The fraction of sp³-hybridized carbons (Fsp3) is 0.400. The molecule has 2 rings (SSSR count). The summed E-state index contributed by atoms with van der Waals surface area (Å²) in [5, 5.41) is 3.15. The van der Waals surface area contributed by atoms with E-state index in [4.69, 9.17) is 4.74 Å². The van der Waals surface area contributed by atoms with Gasteiger partial charge in [0.2, 0.25) is 0 Å². The first-order valence-electron chi connectivity index (χ1n) is 6.62. The molecule has 2 aromatic rings. The Hall–Kier alpha value is -1.81. The van der Waals surface area contributed by atoms with E-state index in [0.29, 0.717) is 0 Å². The molecule has 102 valence electrons. The van der Waals surface area contributed by atoms with Gasteiger partial charge in [-0.2, -0.15) is 0 Å². The lowest BCUT2D eigenvalue weighted by atomic mass is 10.1. The fourth-order valence-electron chi connectivity index (χ4n) is 1.95. The third kappa shape index (κ3) is 3.58. The Labute approximate surface area is 114 Å². The highest BCUT2D eigenvalue weighted by molar-refractivity contribution is 5.59. The lowest BCUT2D eigenvalue weighted by Crippen LogP contribution is -2.14. The number of hydrogen-bond acceptors (Lipinski definition) is 3. The lowest BCUT2D eigenvalue weighted by molar-refractivity contribution is 0.242. The average Bonchev–Trinajstić information content (AvgIpc) is 2.85. The van der Waals surface area contributed by atoms with Gasteiger partial charge in [-0.05, 0) is 45.2 Å². The van der Waals surface area contributed by atoms with Crippen molar-refractivity contribution in [3.63, 3.8) is 0 Å². The molecule has 19 heavy (non-hydrogen) atoms. The van der Waals surface area contributed by atoms with Gasteiger partial charge in [-0.3, -0.25) is 0 Å². The van der Waals surface area contributed by atoms with Crippen molar-refractivity contribution in [2.75, 3.05) is 13.6 Å². The molecule has 0 unspecified atom stereocenters. The molecule has 1 aromatic carbocycles. The average molecular weight is 259 g/mol. The third-order valence-electron chi connectivity index (χ3n) is 2.84. The third-order valence-corrected chi connectivity index (χ3v) is 2.84. The van der Waals surface area contributed by atoms with Gasteiger partial charge in [0.1, 0.15) is 5.75 Å². The first-order chi connectivity index (χ1) is 9.20. The number of ether oxygens (including phenoxy) is 1. The van der Waals surface area contributed by atoms with Gasteiger partial charge >= 0.3 is 0 Å². The van der Waals surface area contributed by atoms with Crippen LogP contribution in [0.3, 0.4) is 0 Å². The molecule has 1 heterocycles. The van der Waals surface area contributed by atoms with E-state index >= 15 is 0 Å². The summed E-state index contributed by atoms with van der Waals surface area (Å²) in [4.78, 5) is 4.23. The van der Waals surface area contributed by atoms with Crippen LogP contribution in [0.15, 0.2) is 36.8 Å². The number of likely N-dealkylation sites (N-methyl/N-ethyl adjacent to an activating group) is 1. The molecule has 0 atom stereocenters. The van der Waals surface area contributed by atoms with E-state index in [1.807, 2.05) is 45.6 Å². The highest BCUT2D eigenvalue weighted by Gasteiger charge is 2.05. The summed E-state index contributed by atoms with van der Waals surface area (Å²) in [6, 6.07) is 8.16. The van der Waals surface area contributed by atoms with Crippen molar-refractivity contribution >= 4 is 0 Å². The first-order valence-corrected chi connectivity index (χ1v) is 6.62. The topological polar surface area (TPSA) is 39.1 Å². The zero-order chi connectivity index (χ0) is 13.7. The Morgan fingerprint density at radius 3 is 2.63 bits per heavy atom. The Morgan fingerprint density at radius 1 is 1.26 bits per heavy atom. The van der Waals surface area contributed by atoms with E-state index in [2.05, 4.69) is 27.0 Å². The number of aromatic nitrogens is 2. The van der Waals surface area contributed by atoms with Crippen LogP contribution in [0.5, 0.6) is 5.75 Å². The van der Waals surface area contributed by atoms with Crippen LogP contribution in [0.2, 0.25) is 0 Å². The first kappa shape index (κ1) is 13.6. The molecule has 0 aliphatic carbocycles. The molecule has 0 radical (unpaired) electrons. The van der Waals surface area contributed by atoms with Crippen LogP contribution in [0.25, 0.3) is 11.3 Å². The highest BCUT2D eigenvalue weighted by Crippen LogP contribution is 2.22. The second-order valence-electron chi connectivity index (χ2n) is 4.77. The van der Waals surface area contributed by atoms with Gasteiger partial charge in [-0.25, -0.2) is 4.98 Å². The molecule has 0 aliphatic heterocycles. The summed E-state index contributed by atoms with van der Waals surface area (Å²) < 4.78 is 7.80. The largest absolute Gasteiger partial charge is 0.491 e. The molecule has 0 fully saturated rings. The monoisotopic (exact) mass is 259 g/mol. The molecule has 1 N–H and O–H groups in total. The molecule has 4 nitrogen and oxygen atoms in total. The van der Waals surface area contributed by atoms with E-state index in [0.717, 1.165) is 30.1 Å². The minimum absolute atomic E-state index is 0.201. The van der Waals surface area contributed by atoms with Crippen LogP contribution in [0, 0.1) is 0 Å². The number of nitrogens with zero attached hydrogens (tertiary/aromatic N) is 2. The van der Waals surface area contributed by atoms with Crippen LogP contribution in [0.4, 0.5) is 0 Å². The van der Waals surface area contributed by atoms with Gasteiger partial charge in [0.25, 0.3) is 0 Å². The molecule has 0 saturated heterocycles. The summed E-state index contributed by atoms with van der Waals surface area (Å²) in [5.74, 6) is 0.903. The van der Waals surface area contributed by atoms with Crippen molar-refractivity contribution in [2.45, 2.75) is 26.5 Å². The number of hydrogen-bond donors (Lipinski definition) is 1. The molecular formula is C15H21N3O. The predicted octanol–water partition coefficient (Wildman–Crippen LogP) is 2.56. The normalized spacial score (nSPS) is 10.9. The Bertz CT molecular complexity index is 502. The van der Waals surface area contributed by atoms with Crippen molar-refractivity contribution in [3.8, 4) is 17.0 Å². The van der Waals surface area contributed by atoms with Gasteiger partial charge in [-0.15, -0.1) is 0 Å². The zero-order valence-corrected chi connectivity index (χ0v) is 11.8. The highest BCUT2D eigenvalue weighted by atomic mass is 16.5. The van der Waals surface area contributed by atoms with Crippen molar-refractivity contribution in [1.82, 2.24) is 14.9 Å². The number of benzene rings is 1. The smallest absolute Gasteiger partial charge is 0.119 e. The van der Waals surface area contributed by atoms with Gasteiger partial charge in [-0.1, -0.05) is 0 Å². The maximum absolute atomic E-state index is 5.65. The van der Waals surface area contributed by atoms with E-state index in [1.165, 1.54) is 0 Å². The maximum Gasteiger partial charge on any atom is 0.119 e. The summed E-state index contributed by atoms with van der Waals surface area (Å²) in [7, 11) is 1.95. The minimum atomic E-state index is 0.201. The summed E-state index contributed by atoms with van der Waals surface area (Å²) >= 11 is 0. The molecule has 0 amide bonds. The predicted molar refractivity (Wildman–Crippen MR) is 77.4 cm³/mol. The van der Waals surface area contributed by atoms with Crippen molar-refractivity contribution in [1.29, 1.82) is 0 Å². The quantitative estimate of drug-likeness (QED) is 0.866. The van der Waals surface area contributed by atoms with Gasteiger partial charge in [0.15, 0.2) is 0 Å². The molecule has 0 saturated carbocycles. The Balaban J connectivity index is 2.15. The van der Waals surface area contributed by atoms with Gasteiger partial charge < -0.3 is 14.6 Å². The standard InChI is InChI=1S/C15H21N3O/c1-12(2)19-14-6-4-13(5-7-14)15-10-17-11-18(15)9-8-16-3/h4-7,10-12,16H,8-9H2,1-3H3. The number of imidazole rings is 1. The van der Waals surface area contributed by atoms with E-state index in [9.17, 15) is 0 Å². The minimum Gasteiger partial charge on any atom is -0.491 e. The van der Waals surface area contributed by atoms with Crippen LogP contribution < -0.4 is 10.1 Å². The molecule has 1 aromatic heterocycles. The second-order valence-corrected chi connectivity index (χ2v) is 4.77. The van der Waals surface area contributed by atoms with Gasteiger partial charge in [0, 0.05) is 18.7 Å². The summed E-state index contributed by atoms with van der Waals surface area (Å²) in [6.07, 6.45) is 3.96. The van der Waals surface area contributed by atoms with Crippen LogP contribution in [-0.2, 0) is 6.54 Å². The van der Waals surface area contributed by atoms with Crippen LogP contribution >= 0.6 is 0 Å². The zero-order valence-electron chi connectivity index (χ0n) is 11.8. The molecule has 4 heteroatoms. The number of nitrogens with one attached hydrogen (secondary N) is 1. The van der Waals surface area contributed by atoms with Crippen molar-refractivity contribution in [3.05, 3.63) is 36.8 Å². The summed E-state index contributed by atoms with van der Waals surface area (Å²) in [6.45, 7) is 5.90. The van der Waals surface area contributed by atoms with Gasteiger partial charge in [0.05, 0.1) is 24.3 Å². The fourth-order valence-corrected chi connectivity index (χ4v) is 1.95. The Kier molecular flexibility index (Phi) is 4.58. The SMILES string of the molecule is CNCCn1cncc1-c1ccc(OC(C)C)cc1. The molecule has 0 bridgehead atoms. The van der Waals surface area contributed by atoms with E-state index in [1.54, 1.807) is 0 Å². The van der Waals surface area contributed by atoms with Crippen molar-refractivity contribution < 1.29 is 4.74 Å². The number of rotatable bonds is 6. The van der Waals surface area contributed by atoms with Crippen LogP contribution in [-0.4, -0.2) is 29.2 Å². The molecule has 0 spiro atoms. The van der Waals surface area contributed by atoms with E-state index < -0.39 is 0 Å². The second kappa shape index (κ2) is 6.38. The summed E-state index contributed by atoms with van der Waals surface area (Å²) in [5.41, 5.74) is 2.29. The molecular weight excluding hydrogens is 238 g/mol. The van der Waals surface area contributed by atoms with Crippen molar-refractivity contribution in [2.24, 2.45) is 0 Å². The molecule has 0 aliphatic rings. The Morgan fingerprint density at radius 2 is 2.00 bits per heavy atom. The van der Waals surface area contributed by atoms with E-state index in [-0.39, 0.29) is 6.10 Å². The maximum atomic E-state index is 5.65.